The zero-order valence-electron chi connectivity index (χ0n) is 12.8. The summed E-state index contributed by atoms with van der Waals surface area (Å²) in [4.78, 5) is 22.5. The van der Waals surface area contributed by atoms with Crippen LogP contribution in [0.5, 0.6) is 0 Å². The molecule has 0 atom stereocenters. The molecule has 0 bridgehead atoms. The van der Waals surface area contributed by atoms with E-state index in [-0.39, 0.29) is 17.1 Å². The van der Waals surface area contributed by atoms with Crippen molar-refractivity contribution >= 4 is 11.9 Å². The predicted octanol–water partition coefficient (Wildman–Crippen LogP) is 2.60. The van der Waals surface area contributed by atoms with E-state index in [9.17, 15) is 9.59 Å². The lowest BCUT2D eigenvalue weighted by Gasteiger charge is -2.32. The third kappa shape index (κ3) is 4.86. The lowest BCUT2D eigenvalue weighted by atomic mass is 9.88. The number of carbonyl (C=O) groups is 2. The van der Waals surface area contributed by atoms with Crippen molar-refractivity contribution in [3.05, 3.63) is 35.4 Å². The van der Waals surface area contributed by atoms with Crippen LogP contribution >= 0.6 is 0 Å². The molecule has 0 fully saturated rings. The van der Waals surface area contributed by atoms with E-state index in [4.69, 9.17) is 9.84 Å². The SMILES string of the molecule is CCC(CC)(CC(=O)OC)NCc1cccc(C(=O)O)c1. The second-order valence-electron chi connectivity index (χ2n) is 5.10. The van der Waals surface area contributed by atoms with Gasteiger partial charge in [-0.2, -0.15) is 0 Å². The Kier molecular flexibility index (Phi) is 6.37. The van der Waals surface area contributed by atoms with Gasteiger partial charge in [-0.05, 0) is 30.5 Å². The summed E-state index contributed by atoms with van der Waals surface area (Å²) in [7, 11) is 1.38. The molecule has 0 aliphatic heterocycles. The highest BCUT2D eigenvalue weighted by molar-refractivity contribution is 5.87. The van der Waals surface area contributed by atoms with Crippen LogP contribution < -0.4 is 5.32 Å². The lowest BCUT2D eigenvalue weighted by molar-refractivity contribution is -0.142. The highest BCUT2D eigenvalue weighted by atomic mass is 16.5. The first-order valence-electron chi connectivity index (χ1n) is 7.10. The standard InChI is InChI=1S/C16H23NO4/c1-4-16(5-2,10-14(18)21-3)17-11-12-7-6-8-13(9-12)15(19)20/h6-9,17H,4-5,10-11H2,1-3H3,(H,19,20). The van der Waals surface area contributed by atoms with Crippen molar-refractivity contribution in [3.63, 3.8) is 0 Å². The topological polar surface area (TPSA) is 75.6 Å². The maximum atomic E-state index is 11.6. The normalized spacial score (nSPS) is 11.2. The molecule has 1 aromatic rings. The number of carboxylic acids is 1. The molecule has 21 heavy (non-hydrogen) atoms. The van der Waals surface area contributed by atoms with Crippen LogP contribution in [0.25, 0.3) is 0 Å². The number of rotatable bonds is 8. The summed E-state index contributed by atoms with van der Waals surface area (Å²) in [6.07, 6.45) is 1.88. The van der Waals surface area contributed by atoms with Crippen LogP contribution in [0, 0.1) is 0 Å². The van der Waals surface area contributed by atoms with Crippen LogP contribution in [-0.4, -0.2) is 29.7 Å². The quantitative estimate of drug-likeness (QED) is 0.721. The Morgan fingerprint density at radius 1 is 1.29 bits per heavy atom. The average Bonchev–Trinajstić information content (AvgIpc) is 2.51. The summed E-state index contributed by atoms with van der Waals surface area (Å²) in [5.74, 6) is -1.19. The molecule has 5 nitrogen and oxygen atoms in total. The summed E-state index contributed by atoms with van der Waals surface area (Å²) < 4.78 is 4.76. The molecule has 1 aromatic carbocycles. The average molecular weight is 293 g/mol. The number of methoxy groups -OCH3 is 1. The van der Waals surface area contributed by atoms with Gasteiger partial charge in [0, 0.05) is 12.1 Å². The largest absolute Gasteiger partial charge is 0.478 e. The van der Waals surface area contributed by atoms with Gasteiger partial charge in [-0.3, -0.25) is 4.79 Å². The Labute approximate surface area is 125 Å². The van der Waals surface area contributed by atoms with E-state index in [1.807, 2.05) is 19.9 Å². The molecule has 5 heteroatoms. The Morgan fingerprint density at radius 2 is 1.95 bits per heavy atom. The van der Waals surface area contributed by atoms with E-state index in [0.717, 1.165) is 18.4 Å². The molecule has 0 aliphatic carbocycles. The number of ether oxygens (including phenoxy) is 1. The number of esters is 1. The number of hydrogen-bond donors (Lipinski definition) is 2. The van der Waals surface area contributed by atoms with Gasteiger partial charge in [0.2, 0.25) is 0 Å². The van der Waals surface area contributed by atoms with Gasteiger partial charge in [-0.15, -0.1) is 0 Å². The fraction of sp³-hybridized carbons (Fsp3) is 0.500. The molecule has 0 heterocycles. The van der Waals surface area contributed by atoms with Crippen molar-refractivity contribution in [1.29, 1.82) is 0 Å². The fourth-order valence-corrected chi connectivity index (χ4v) is 2.26. The Balaban J connectivity index is 2.79. The molecule has 116 valence electrons. The molecule has 0 saturated heterocycles. The molecule has 0 saturated carbocycles. The van der Waals surface area contributed by atoms with Crippen molar-refractivity contribution in [3.8, 4) is 0 Å². The van der Waals surface area contributed by atoms with Gasteiger partial charge in [0.25, 0.3) is 0 Å². The Morgan fingerprint density at radius 3 is 2.48 bits per heavy atom. The lowest BCUT2D eigenvalue weighted by Crippen LogP contribution is -2.45. The highest BCUT2D eigenvalue weighted by Crippen LogP contribution is 2.21. The summed E-state index contributed by atoms with van der Waals surface area (Å²) >= 11 is 0. The Bertz CT molecular complexity index is 495. The van der Waals surface area contributed by atoms with E-state index in [1.165, 1.54) is 7.11 Å². The van der Waals surface area contributed by atoms with Crippen molar-refractivity contribution in [2.24, 2.45) is 0 Å². The Hall–Kier alpha value is -1.88. The first kappa shape index (κ1) is 17.2. The van der Waals surface area contributed by atoms with Crippen molar-refractivity contribution in [1.82, 2.24) is 5.32 Å². The zero-order chi connectivity index (χ0) is 15.9. The summed E-state index contributed by atoms with van der Waals surface area (Å²) in [5, 5.41) is 12.4. The molecule has 2 N–H and O–H groups in total. The summed E-state index contributed by atoms with van der Waals surface area (Å²) in [6.45, 7) is 4.56. The van der Waals surface area contributed by atoms with E-state index in [2.05, 4.69) is 5.32 Å². The predicted molar refractivity (Wildman–Crippen MR) is 80.2 cm³/mol. The molecule has 1 rings (SSSR count). The second kappa shape index (κ2) is 7.78. The number of hydrogen-bond acceptors (Lipinski definition) is 4. The molecular weight excluding hydrogens is 270 g/mol. The van der Waals surface area contributed by atoms with Crippen molar-refractivity contribution < 1.29 is 19.4 Å². The minimum Gasteiger partial charge on any atom is -0.478 e. The number of carbonyl (C=O) groups excluding carboxylic acids is 1. The minimum absolute atomic E-state index is 0.245. The van der Waals surface area contributed by atoms with Gasteiger partial charge < -0.3 is 15.2 Å². The second-order valence-corrected chi connectivity index (χ2v) is 5.10. The van der Waals surface area contributed by atoms with Crippen LogP contribution in [0.15, 0.2) is 24.3 Å². The van der Waals surface area contributed by atoms with Crippen LogP contribution in [0.2, 0.25) is 0 Å². The zero-order valence-corrected chi connectivity index (χ0v) is 12.8. The first-order valence-corrected chi connectivity index (χ1v) is 7.10. The van der Waals surface area contributed by atoms with Crippen LogP contribution in [0.3, 0.4) is 0 Å². The van der Waals surface area contributed by atoms with Crippen LogP contribution in [-0.2, 0) is 16.1 Å². The number of aromatic carboxylic acids is 1. The molecule has 0 spiro atoms. The van der Waals surface area contributed by atoms with Gasteiger partial charge >= 0.3 is 11.9 Å². The highest BCUT2D eigenvalue weighted by Gasteiger charge is 2.29. The van der Waals surface area contributed by atoms with Gasteiger partial charge in [0.15, 0.2) is 0 Å². The monoisotopic (exact) mass is 293 g/mol. The van der Waals surface area contributed by atoms with Crippen molar-refractivity contribution in [2.75, 3.05) is 7.11 Å². The van der Waals surface area contributed by atoms with E-state index < -0.39 is 5.97 Å². The first-order chi connectivity index (χ1) is 9.96. The third-order valence-electron chi connectivity index (χ3n) is 3.91. The van der Waals surface area contributed by atoms with Crippen LogP contribution in [0.4, 0.5) is 0 Å². The van der Waals surface area contributed by atoms with Crippen LogP contribution in [0.1, 0.15) is 49.0 Å². The molecule has 0 unspecified atom stereocenters. The van der Waals surface area contributed by atoms with Gasteiger partial charge in [-0.1, -0.05) is 26.0 Å². The third-order valence-corrected chi connectivity index (χ3v) is 3.91. The number of benzene rings is 1. The molecule has 0 radical (unpaired) electrons. The number of carboxylic acid groups (broad SMARTS) is 1. The summed E-state index contributed by atoms with van der Waals surface area (Å²) in [5.41, 5.74) is 0.818. The van der Waals surface area contributed by atoms with E-state index >= 15 is 0 Å². The number of nitrogens with one attached hydrogen (secondary N) is 1. The molecular formula is C16H23NO4. The van der Waals surface area contributed by atoms with Gasteiger partial charge in [0.1, 0.15) is 0 Å². The fourth-order valence-electron chi connectivity index (χ4n) is 2.26. The summed E-state index contributed by atoms with van der Waals surface area (Å²) in [6, 6.07) is 6.80. The van der Waals surface area contributed by atoms with E-state index in [0.29, 0.717) is 13.0 Å². The molecule has 0 aromatic heterocycles. The van der Waals surface area contributed by atoms with Gasteiger partial charge in [-0.25, -0.2) is 4.79 Å². The van der Waals surface area contributed by atoms with Gasteiger partial charge in [0.05, 0.1) is 19.1 Å². The maximum Gasteiger partial charge on any atom is 0.335 e. The van der Waals surface area contributed by atoms with Crippen molar-refractivity contribution in [2.45, 2.75) is 45.2 Å². The molecule has 0 aliphatic rings. The van der Waals surface area contributed by atoms with E-state index in [1.54, 1.807) is 18.2 Å². The molecule has 0 amide bonds. The smallest absolute Gasteiger partial charge is 0.335 e. The maximum absolute atomic E-state index is 11.6. The minimum atomic E-state index is -0.941.